The van der Waals surface area contributed by atoms with Crippen molar-refractivity contribution in [1.82, 2.24) is 15.3 Å². The normalized spacial score (nSPS) is 18.5. The van der Waals surface area contributed by atoms with Crippen molar-refractivity contribution in [3.8, 4) is 11.5 Å². The van der Waals surface area contributed by atoms with Gasteiger partial charge in [-0.1, -0.05) is 42.5 Å². The SMILES string of the molecule is COc1ccccc1COCCCOc1ccc(C2[C@@H](OCc3ccccn3)CNC[C@H]2OCc2ccccn2)cc1. The molecule has 0 radical (unpaired) electrons. The molecule has 1 N–H and O–H groups in total. The van der Waals surface area contributed by atoms with Crippen molar-refractivity contribution in [3.63, 3.8) is 0 Å². The molecule has 1 aliphatic heterocycles. The third-order valence-electron chi connectivity index (χ3n) is 7.25. The molecule has 1 unspecified atom stereocenters. The fraction of sp³-hybridized carbons (Fsp3) is 0.353. The van der Waals surface area contributed by atoms with E-state index in [4.69, 9.17) is 23.7 Å². The Morgan fingerprint density at radius 1 is 0.714 bits per heavy atom. The number of rotatable bonds is 15. The molecule has 1 fully saturated rings. The Bertz CT molecular complexity index is 1270. The van der Waals surface area contributed by atoms with Gasteiger partial charge in [-0.15, -0.1) is 0 Å². The average Bonchev–Trinajstić information content (AvgIpc) is 3.06. The fourth-order valence-corrected chi connectivity index (χ4v) is 5.11. The van der Waals surface area contributed by atoms with Crippen molar-refractivity contribution in [1.29, 1.82) is 0 Å². The predicted octanol–water partition coefficient (Wildman–Crippen LogP) is 5.33. The van der Waals surface area contributed by atoms with E-state index in [-0.39, 0.29) is 18.1 Å². The quantitative estimate of drug-likeness (QED) is 0.193. The van der Waals surface area contributed by atoms with Crippen LogP contribution in [0.1, 0.15) is 34.9 Å². The zero-order valence-corrected chi connectivity index (χ0v) is 24.1. The zero-order valence-electron chi connectivity index (χ0n) is 24.1. The monoisotopic (exact) mass is 569 g/mol. The molecule has 5 rings (SSSR count). The van der Waals surface area contributed by atoms with Crippen molar-refractivity contribution in [2.45, 2.75) is 44.4 Å². The Hall–Kier alpha value is -3.82. The minimum Gasteiger partial charge on any atom is -0.496 e. The lowest BCUT2D eigenvalue weighted by Gasteiger charge is -2.38. The number of nitrogens with one attached hydrogen (secondary N) is 1. The molecule has 42 heavy (non-hydrogen) atoms. The van der Waals surface area contributed by atoms with Crippen LogP contribution in [0.25, 0.3) is 0 Å². The molecule has 220 valence electrons. The number of benzene rings is 2. The van der Waals surface area contributed by atoms with Gasteiger partial charge in [-0.05, 0) is 48.0 Å². The molecule has 0 saturated carbocycles. The van der Waals surface area contributed by atoms with E-state index < -0.39 is 0 Å². The van der Waals surface area contributed by atoms with Crippen LogP contribution in [0, 0.1) is 0 Å². The van der Waals surface area contributed by atoms with Gasteiger partial charge >= 0.3 is 0 Å². The summed E-state index contributed by atoms with van der Waals surface area (Å²) in [6.07, 6.45) is 4.21. The fourth-order valence-electron chi connectivity index (χ4n) is 5.11. The van der Waals surface area contributed by atoms with Gasteiger partial charge in [-0.3, -0.25) is 9.97 Å². The Balaban J connectivity index is 1.16. The number of hydrogen-bond donors (Lipinski definition) is 1. The molecule has 0 aliphatic carbocycles. The van der Waals surface area contributed by atoms with Gasteiger partial charge in [-0.2, -0.15) is 0 Å². The van der Waals surface area contributed by atoms with Crippen LogP contribution in [0.2, 0.25) is 0 Å². The summed E-state index contributed by atoms with van der Waals surface area (Å²) in [4.78, 5) is 8.84. The van der Waals surface area contributed by atoms with Gasteiger partial charge in [0, 0.05) is 43.4 Å². The van der Waals surface area contributed by atoms with Crippen molar-refractivity contribution >= 4 is 0 Å². The highest BCUT2D eigenvalue weighted by molar-refractivity contribution is 5.33. The van der Waals surface area contributed by atoms with Gasteiger partial charge in [0.25, 0.3) is 0 Å². The summed E-state index contributed by atoms with van der Waals surface area (Å²) in [5.74, 6) is 1.71. The van der Waals surface area contributed by atoms with Gasteiger partial charge in [0.15, 0.2) is 0 Å². The lowest BCUT2D eigenvalue weighted by Crippen LogP contribution is -2.50. The maximum Gasteiger partial charge on any atom is 0.124 e. The van der Waals surface area contributed by atoms with E-state index in [2.05, 4.69) is 27.4 Å². The molecule has 0 bridgehead atoms. The second-order valence-electron chi connectivity index (χ2n) is 10.2. The lowest BCUT2D eigenvalue weighted by atomic mass is 9.85. The summed E-state index contributed by atoms with van der Waals surface area (Å²) >= 11 is 0. The zero-order chi connectivity index (χ0) is 28.8. The van der Waals surface area contributed by atoms with E-state index in [1.165, 1.54) is 0 Å². The van der Waals surface area contributed by atoms with E-state index in [9.17, 15) is 0 Å². The highest BCUT2D eigenvalue weighted by Gasteiger charge is 2.36. The molecular formula is C34H39N3O5. The molecular weight excluding hydrogens is 530 g/mol. The largest absolute Gasteiger partial charge is 0.496 e. The maximum atomic E-state index is 6.42. The lowest BCUT2D eigenvalue weighted by molar-refractivity contribution is -0.0662. The second kappa shape index (κ2) is 16.0. The number of hydrogen-bond acceptors (Lipinski definition) is 8. The third-order valence-corrected chi connectivity index (χ3v) is 7.25. The summed E-state index contributed by atoms with van der Waals surface area (Å²) in [7, 11) is 1.67. The van der Waals surface area contributed by atoms with Crippen LogP contribution in [0.5, 0.6) is 11.5 Å². The number of methoxy groups -OCH3 is 1. The van der Waals surface area contributed by atoms with E-state index in [1.807, 2.05) is 72.8 Å². The summed E-state index contributed by atoms with van der Waals surface area (Å²) < 4.78 is 30.1. The topological polar surface area (TPSA) is 84.0 Å². The minimum absolute atomic E-state index is 0.0381. The molecule has 3 heterocycles. The van der Waals surface area contributed by atoms with Crippen LogP contribution in [-0.2, 0) is 34.0 Å². The van der Waals surface area contributed by atoms with E-state index in [0.29, 0.717) is 33.0 Å². The van der Waals surface area contributed by atoms with Crippen LogP contribution in [0.4, 0.5) is 0 Å². The van der Waals surface area contributed by atoms with Gasteiger partial charge in [-0.25, -0.2) is 0 Å². The van der Waals surface area contributed by atoms with E-state index in [1.54, 1.807) is 19.5 Å². The Kier molecular flexibility index (Phi) is 11.3. The Morgan fingerprint density at radius 3 is 1.98 bits per heavy atom. The molecule has 8 heteroatoms. The Morgan fingerprint density at radius 2 is 1.36 bits per heavy atom. The molecule has 3 atom stereocenters. The number of pyridine rings is 2. The van der Waals surface area contributed by atoms with Crippen LogP contribution < -0.4 is 14.8 Å². The van der Waals surface area contributed by atoms with Gasteiger partial charge in [0.05, 0.1) is 63.7 Å². The van der Waals surface area contributed by atoms with Crippen LogP contribution in [-0.4, -0.2) is 55.6 Å². The standard InChI is InChI=1S/C34H39N3O5/c1-38-31-12-3-2-9-27(31)23-39-19-8-20-40-30-15-13-26(14-16-30)34-32(41-24-28-10-4-6-17-36-28)21-35-22-33(34)42-25-29-11-5-7-18-37-29/h2-7,9-18,32-35H,8,19-25H2,1H3/t32-,33+,34?. The van der Waals surface area contributed by atoms with Crippen molar-refractivity contribution < 1.29 is 23.7 Å². The summed E-state index contributed by atoms with van der Waals surface area (Å²) in [5, 5.41) is 3.50. The van der Waals surface area contributed by atoms with Crippen LogP contribution in [0.15, 0.2) is 97.3 Å². The molecule has 1 aliphatic rings. The molecule has 1 saturated heterocycles. The molecule has 4 aromatic rings. The van der Waals surface area contributed by atoms with Gasteiger partial charge < -0.3 is 29.0 Å². The minimum atomic E-state index is -0.0818. The van der Waals surface area contributed by atoms with Crippen molar-refractivity contribution in [2.75, 3.05) is 33.4 Å². The number of aromatic nitrogens is 2. The third kappa shape index (κ3) is 8.59. The predicted molar refractivity (Wildman–Crippen MR) is 160 cm³/mol. The summed E-state index contributed by atoms with van der Waals surface area (Å²) in [6.45, 7) is 4.04. The molecule has 8 nitrogen and oxygen atoms in total. The number of ether oxygens (including phenoxy) is 5. The molecule has 2 aromatic carbocycles. The van der Waals surface area contributed by atoms with Crippen LogP contribution >= 0.6 is 0 Å². The smallest absolute Gasteiger partial charge is 0.124 e. The van der Waals surface area contributed by atoms with Crippen molar-refractivity contribution in [2.24, 2.45) is 0 Å². The first-order chi connectivity index (χ1) is 20.8. The summed E-state index contributed by atoms with van der Waals surface area (Å²) in [5.41, 5.74) is 4.01. The summed E-state index contributed by atoms with van der Waals surface area (Å²) in [6, 6.07) is 27.9. The number of piperidine rings is 1. The molecule has 0 spiro atoms. The average molecular weight is 570 g/mol. The first kappa shape index (κ1) is 29.7. The van der Waals surface area contributed by atoms with E-state index >= 15 is 0 Å². The first-order valence-corrected chi connectivity index (χ1v) is 14.5. The highest BCUT2D eigenvalue weighted by atomic mass is 16.5. The number of para-hydroxylation sites is 1. The maximum absolute atomic E-state index is 6.42. The van der Waals surface area contributed by atoms with E-state index in [0.717, 1.165) is 53.5 Å². The van der Waals surface area contributed by atoms with Crippen LogP contribution in [0.3, 0.4) is 0 Å². The first-order valence-electron chi connectivity index (χ1n) is 14.5. The number of nitrogens with zero attached hydrogens (tertiary/aromatic N) is 2. The molecule has 2 aromatic heterocycles. The van der Waals surface area contributed by atoms with Crippen molar-refractivity contribution in [3.05, 3.63) is 120 Å². The van der Waals surface area contributed by atoms with Gasteiger partial charge in [0.1, 0.15) is 11.5 Å². The molecule has 0 amide bonds. The second-order valence-corrected chi connectivity index (χ2v) is 10.2. The highest BCUT2D eigenvalue weighted by Crippen LogP contribution is 2.32. The van der Waals surface area contributed by atoms with Gasteiger partial charge in [0.2, 0.25) is 0 Å². The Labute approximate surface area is 248 Å².